The monoisotopic (exact) mass is 303 g/mol. The molecular weight excluding hydrogens is 298 g/mol. The molecule has 0 saturated heterocycles. The van der Waals surface area contributed by atoms with Gasteiger partial charge in [0.05, 0.1) is 4.47 Å². The summed E-state index contributed by atoms with van der Waals surface area (Å²) in [5, 5.41) is 9.10. The molecule has 0 aliphatic rings. The summed E-state index contributed by atoms with van der Waals surface area (Å²) in [6.07, 6.45) is 0. The molecule has 0 aliphatic carbocycles. The Kier molecular flexibility index (Phi) is 4.26. The number of hydrogen-bond acceptors (Lipinski definition) is 2. The number of para-hydroxylation sites is 1. The van der Waals surface area contributed by atoms with E-state index in [1.807, 2.05) is 24.3 Å². The highest BCUT2D eigenvalue weighted by atomic mass is 79.9. The molecule has 0 N–H and O–H groups in total. The van der Waals surface area contributed by atoms with Gasteiger partial charge in [-0.15, -0.1) is 0 Å². The largest absolute Gasteiger partial charge is 0.477 e. The zero-order chi connectivity index (χ0) is 9.68. The van der Waals surface area contributed by atoms with E-state index in [2.05, 4.69) is 31.9 Å². The third-order valence-corrected chi connectivity index (χ3v) is 2.70. The van der Waals surface area contributed by atoms with Crippen LogP contribution in [-0.4, -0.2) is 6.61 Å². The lowest BCUT2D eigenvalue weighted by Crippen LogP contribution is -1.97. The van der Waals surface area contributed by atoms with E-state index in [0.717, 1.165) is 15.8 Å². The number of ether oxygens (including phenoxy) is 1. The lowest BCUT2D eigenvalue weighted by Gasteiger charge is -2.08. The van der Waals surface area contributed by atoms with Crippen molar-refractivity contribution in [2.24, 2.45) is 0 Å². The van der Waals surface area contributed by atoms with Crippen molar-refractivity contribution in [3.05, 3.63) is 28.2 Å². The average Bonchev–Trinajstić information content (AvgIpc) is 2.15. The molecule has 0 amide bonds. The molecule has 0 atom stereocenters. The second kappa shape index (κ2) is 5.25. The molecule has 0 fully saturated rings. The maximum absolute atomic E-state index is 8.38. The van der Waals surface area contributed by atoms with Gasteiger partial charge in [-0.3, -0.25) is 0 Å². The number of nitrogens with zero attached hydrogens (tertiary/aromatic N) is 1. The molecule has 0 saturated carbocycles. The van der Waals surface area contributed by atoms with Crippen molar-refractivity contribution < 1.29 is 4.74 Å². The number of halogens is 2. The van der Waals surface area contributed by atoms with E-state index in [1.54, 1.807) is 0 Å². The van der Waals surface area contributed by atoms with Crippen LogP contribution < -0.4 is 4.74 Å². The van der Waals surface area contributed by atoms with Crippen LogP contribution in [0.2, 0.25) is 0 Å². The first-order chi connectivity index (χ1) is 6.29. The van der Waals surface area contributed by atoms with Crippen LogP contribution in [0.1, 0.15) is 5.56 Å². The van der Waals surface area contributed by atoms with Gasteiger partial charge in [-0.25, -0.2) is 0 Å². The number of benzene rings is 1. The van der Waals surface area contributed by atoms with Gasteiger partial charge < -0.3 is 4.74 Å². The molecule has 13 heavy (non-hydrogen) atoms. The highest BCUT2D eigenvalue weighted by Crippen LogP contribution is 2.30. The van der Waals surface area contributed by atoms with E-state index in [-0.39, 0.29) is 6.61 Å². The van der Waals surface area contributed by atoms with Gasteiger partial charge >= 0.3 is 0 Å². The zero-order valence-electron chi connectivity index (χ0n) is 6.76. The standard InChI is InChI=1S/C9H7Br2NO/c10-6-7-2-1-3-8(11)9(7)13-5-4-12/h1-3H,5-6H2. The van der Waals surface area contributed by atoms with Crippen molar-refractivity contribution in [3.63, 3.8) is 0 Å². The topological polar surface area (TPSA) is 33.0 Å². The lowest BCUT2D eigenvalue weighted by molar-refractivity contribution is 0.363. The van der Waals surface area contributed by atoms with Gasteiger partial charge in [0.1, 0.15) is 11.8 Å². The predicted octanol–water partition coefficient (Wildman–Crippen LogP) is 3.25. The SMILES string of the molecule is N#CCOc1c(Br)cccc1CBr. The first-order valence-electron chi connectivity index (χ1n) is 3.62. The molecule has 0 bridgehead atoms. The third-order valence-electron chi connectivity index (χ3n) is 1.47. The quantitative estimate of drug-likeness (QED) is 0.803. The first-order valence-corrected chi connectivity index (χ1v) is 5.54. The van der Waals surface area contributed by atoms with E-state index in [9.17, 15) is 0 Å². The smallest absolute Gasteiger partial charge is 0.174 e. The Morgan fingerprint density at radius 1 is 1.46 bits per heavy atom. The van der Waals surface area contributed by atoms with Crippen molar-refractivity contribution in [1.82, 2.24) is 0 Å². The Morgan fingerprint density at radius 3 is 2.85 bits per heavy atom. The van der Waals surface area contributed by atoms with Crippen molar-refractivity contribution in [3.8, 4) is 11.8 Å². The molecule has 2 nitrogen and oxygen atoms in total. The van der Waals surface area contributed by atoms with Crippen LogP contribution in [0.25, 0.3) is 0 Å². The van der Waals surface area contributed by atoms with Gasteiger partial charge in [-0.1, -0.05) is 28.1 Å². The molecule has 0 aliphatic heterocycles. The van der Waals surface area contributed by atoms with Crippen LogP contribution in [0.4, 0.5) is 0 Å². The Balaban J connectivity index is 2.95. The van der Waals surface area contributed by atoms with Crippen LogP contribution in [0.5, 0.6) is 5.75 Å². The van der Waals surface area contributed by atoms with Gasteiger partial charge in [-0.05, 0) is 22.0 Å². The Bertz CT molecular complexity index is 333. The Morgan fingerprint density at radius 2 is 2.23 bits per heavy atom. The van der Waals surface area contributed by atoms with Gasteiger partial charge in [0.15, 0.2) is 6.61 Å². The predicted molar refractivity (Wildman–Crippen MR) is 57.9 cm³/mol. The molecule has 1 rings (SSSR count). The third kappa shape index (κ3) is 2.71. The zero-order valence-corrected chi connectivity index (χ0v) is 9.93. The Hall–Kier alpha value is -0.530. The minimum Gasteiger partial charge on any atom is -0.477 e. The van der Waals surface area contributed by atoms with Crippen molar-refractivity contribution in [1.29, 1.82) is 5.26 Å². The molecule has 68 valence electrons. The molecule has 0 heterocycles. The van der Waals surface area contributed by atoms with Crippen molar-refractivity contribution in [2.45, 2.75) is 5.33 Å². The highest BCUT2D eigenvalue weighted by molar-refractivity contribution is 9.10. The van der Waals surface area contributed by atoms with Crippen LogP contribution in [-0.2, 0) is 5.33 Å². The number of hydrogen-bond donors (Lipinski definition) is 0. The molecule has 0 spiro atoms. The summed E-state index contributed by atoms with van der Waals surface area (Å²) < 4.78 is 6.14. The fourth-order valence-electron chi connectivity index (χ4n) is 0.925. The van der Waals surface area contributed by atoms with E-state index in [4.69, 9.17) is 10.00 Å². The first kappa shape index (κ1) is 10.6. The molecular formula is C9H7Br2NO. The molecule has 1 aromatic carbocycles. The summed E-state index contributed by atoms with van der Waals surface area (Å²) in [5.74, 6) is 0.737. The summed E-state index contributed by atoms with van der Waals surface area (Å²) in [5.41, 5.74) is 1.03. The molecule has 0 unspecified atom stereocenters. The van der Waals surface area contributed by atoms with Gasteiger partial charge in [0, 0.05) is 10.9 Å². The molecule has 0 aromatic heterocycles. The summed E-state index contributed by atoms with van der Waals surface area (Å²) in [7, 11) is 0. The van der Waals surface area contributed by atoms with Crippen molar-refractivity contribution in [2.75, 3.05) is 6.61 Å². The second-order valence-electron chi connectivity index (χ2n) is 2.31. The maximum atomic E-state index is 8.38. The average molecular weight is 305 g/mol. The summed E-state index contributed by atoms with van der Waals surface area (Å²) >= 11 is 6.71. The summed E-state index contributed by atoms with van der Waals surface area (Å²) in [6, 6.07) is 7.71. The minimum atomic E-state index is 0.0720. The van der Waals surface area contributed by atoms with E-state index in [1.165, 1.54) is 0 Å². The molecule has 1 aromatic rings. The fourth-order valence-corrected chi connectivity index (χ4v) is 1.89. The van der Waals surface area contributed by atoms with Crippen LogP contribution in [0, 0.1) is 11.3 Å². The van der Waals surface area contributed by atoms with Gasteiger partial charge in [-0.2, -0.15) is 5.26 Å². The number of alkyl halides is 1. The highest BCUT2D eigenvalue weighted by Gasteiger charge is 2.05. The van der Waals surface area contributed by atoms with Gasteiger partial charge in [0.25, 0.3) is 0 Å². The van der Waals surface area contributed by atoms with E-state index >= 15 is 0 Å². The fraction of sp³-hybridized carbons (Fsp3) is 0.222. The summed E-state index contributed by atoms with van der Waals surface area (Å²) in [6.45, 7) is 0.0720. The minimum absolute atomic E-state index is 0.0720. The Labute approximate surface area is 93.8 Å². The van der Waals surface area contributed by atoms with E-state index in [0.29, 0.717) is 5.33 Å². The van der Waals surface area contributed by atoms with Crippen LogP contribution >= 0.6 is 31.9 Å². The van der Waals surface area contributed by atoms with Gasteiger partial charge in [0.2, 0.25) is 0 Å². The molecule has 4 heteroatoms. The second-order valence-corrected chi connectivity index (χ2v) is 3.72. The normalized spacial score (nSPS) is 9.31. The number of rotatable bonds is 3. The maximum Gasteiger partial charge on any atom is 0.174 e. The lowest BCUT2D eigenvalue weighted by atomic mass is 10.2. The number of nitriles is 1. The van der Waals surface area contributed by atoms with Crippen LogP contribution in [0.15, 0.2) is 22.7 Å². The van der Waals surface area contributed by atoms with E-state index < -0.39 is 0 Å². The summed E-state index contributed by atoms with van der Waals surface area (Å²) in [4.78, 5) is 0. The van der Waals surface area contributed by atoms with Crippen LogP contribution in [0.3, 0.4) is 0 Å². The molecule has 0 radical (unpaired) electrons. The van der Waals surface area contributed by atoms with Crippen molar-refractivity contribution >= 4 is 31.9 Å².